The summed E-state index contributed by atoms with van der Waals surface area (Å²) in [4.78, 5) is 36.6. The van der Waals surface area contributed by atoms with Crippen LogP contribution in [-0.4, -0.2) is 57.3 Å². The van der Waals surface area contributed by atoms with E-state index in [9.17, 15) is 29.7 Å². The Bertz CT molecular complexity index is 622. The molecule has 0 amide bonds. The summed E-state index contributed by atoms with van der Waals surface area (Å²) >= 11 is 0. The molecule has 0 aromatic heterocycles. The molecule has 0 aliphatic carbocycles. The number of carbonyl (C=O) groups is 3. The lowest BCUT2D eigenvalue weighted by Crippen LogP contribution is -2.73. The Kier molecular flexibility index (Phi) is 20.9. The van der Waals surface area contributed by atoms with Crippen molar-refractivity contribution in [1.29, 1.82) is 0 Å². The third-order valence-electron chi connectivity index (χ3n) is 8.05. The molecule has 7 nitrogen and oxygen atoms in total. The number of hydrogen-bond donors (Lipinski definition) is 2. The Labute approximate surface area is 232 Å². The lowest BCUT2D eigenvalue weighted by Gasteiger charge is -2.51. The van der Waals surface area contributed by atoms with Crippen LogP contribution in [0.2, 0.25) is 0 Å². The van der Waals surface area contributed by atoms with Gasteiger partial charge in [-0.05, 0) is 38.5 Å². The second kappa shape index (κ2) is 22.0. The fourth-order valence-electron chi connectivity index (χ4n) is 6.07. The van der Waals surface area contributed by atoms with Crippen LogP contribution in [0.4, 0.5) is 0 Å². The van der Waals surface area contributed by atoms with Gasteiger partial charge in [-0.3, -0.25) is 4.48 Å². The maximum Gasteiger partial charge on any atom is 0.362 e. The maximum atomic E-state index is 12.2. The standard InChI is InChI=1S/C31H57NO6/c1-5-9-10-11-12-13-14-15-16-17-18-19-20-21-22-23-24-25-32(26(6-2)29(33)34,27(7-3)30(35)36)28(8-4)31(37)38/h14-15,26-28H,5-13,16-25H2,1-4H3,(H2-,33,34,35,36,37,38)/b15-14+. The minimum atomic E-state index is -1.37. The van der Waals surface area contributed by atoms with Gasteiger partial charge in [0.05, 0.1) is 12.5 Å². The summed E-state index contributed by atoms with van der Waals surface area (Å²) < 4.78 is -0.469. The number of carboxylic acid groups (broad SMARTS) is 3. The van der Waals surface area contributed by atoms with Crippen LogP contribution in [0.15, 0.2) is 12.2 Å². The summed E-state index contributed by atoms with van der Waals surface area (Å²) in [5.41, 5.74) is 0. The van der Waals surface area contributed by atoms with E-state index in [1.807, 2.05) is 0 Å². The van der Waals surface area contributed by atoms with Crippen molar-refractivity contribution in [3.63, 3.8) is 0 Å². The number of allylic oxidation sites excluding steroid dienone is 2. The summed E-state index contributed by atoms with van der Waals surface area (Å²) in [7, 11) is 0. The Morgan fingerprint density at radius 1 is 0.605 bits per heavy atom. The molecule has 0 bridgehead atoms. The highest BCUT2D eigenvalue weighted by Crippen LogP contribution is 2.32. The van der Waals surface area contributed by atoms with Gasteiger partial charge in [0, 0.05) is 19.3 Å². The second-order valence-corrected chi connectivity index (χ2v) is 10.8. The molecule has 7 heteroatoms. The average Bonchev–Trinajstić information content (AvgIpc) is 2.86. The molecule has 0 radical (unpaired) electrons. The number of carbonyl (C=O) groups excluding carboxylic acids is 1. The van der Waals surface area contributed by atoms with Crippen LogP contribution in [-0.2, 0) is 14.4 Å². The first kappa shape index (κ1) is 36.1. The zero-order valence-electron chi connectivity index (χ0n) is 24.8. The van der Waals surface area contributed by atoms with Crippen molar-refractivity contribution < 1.29 is 34.2 Å². The van der Waals surface area contributed by atoms with E-state index < -0.39 is 40.5 Å². The van der Waals surface area contributed by atoms with E-state index in [4.69, 9.17) is 0 Å². The first-order valence-corrected chi connectivity index (χ1v) is 15.4. The minimum absolute atomic E-state index is 0.129. The number of unbranched alkanes of at least 4 members (excludes halogenated alkanes) is 13. The molecular weight excluding hydrogens is 482 g/mol. The minimum Gasteiger partial charge on any atom is -0.544 e. The van der Waals surface area contributed by atoms with E-state index >= 15 is 0 Å². The zero-order valence-corrected chi connectivity index (χ0v) is 24.8. The average molecular weight is 540 g/mol. The number of rotatable bonds is 26. The third kappa shape index (κ3) is 12.8. The summed E-state index contributed by atoms with van der Waals surface area (Å²) in [5, 5.41) is 32.1. The van der Waals surface area contributed by atoms with Gasteiger partial charge >= 0.3 is 11.9 Å². The van der Waals surface area contributed by atoms with Crippen LogP contribution in [0.3, 0.4) is 0 Å². The topological polar surface area (TPSA) is 115 Å². The van der Waals surface area contributed by atoms with Gasteiger partial charge < -0.3 is 20.1 Å². The van der Waals surface area contributed by atoms with Crippen molar-refractivity contribution in [3.8, 4) is 0 Å². The van der Waals surface area contributed by atoms with E-state index in [0.717, 1.165) is 32.1 Å². The molecule has 0 aliphatic rings. The molecule has 0 aromatic carbocycles. The Hall–Kier alpha value is -1.89. The predicted molar refractivity (Wildman–Crippen MR) is 152 cm³/mol. The normalized spacial score (nSPS) is 15.7. The number of carboxylic acids is 3. The molecule has 3 unspecified atom stereocenters. The number of nitrogens with zero attached hydrogens (tertiary/aromatic N) is 1. The summed E-state index contributed by atoms with van der Waals surface area (Å²) in [5.74, 6) is -3.66. The van der Waals surface area contributed by atoms with Crippen LogP contribution in [0.1, 0.15) is 143 Å². The third-order valence-corrected chi connectivity index (χ3v) is 8.05. The highest BCUT2D eigenvalue weighted by atomic mass is 16.4. The lowest BCUT2D eigenvalue weighted by atomic mass is 9.93. The number of hydrogen-bond acceptors (Lipinski definition) is 4. The SMILES string of the molecule is CCCCCCC/C=C/CCCCCCCCCC[N+](C(CC)C(=O)[O-])(C(CC)C(=O)O)C(CC)C(=O)O. The molecule has 2 N–H and O–H groups in total. The molecule has 0 saturated carbocycles. The van der Waals surface area contributed by atoms with Gasteiger partial charge in [0.2, 0.25) is 0 Å². The van der Waals surface area contributed by atoms with Crippen LogP contribution in [0.25, 0.3) is 0 Å². The molecule has 0 rings (SSSR count). The van der Waals surface area contributed by atoms with Gasteiger partial charge in [-0.2, -0.15) is 0 Å². The van der Waals surface area contributed by atoms with Crippen molar-refractivity contribution in [2.24, 2.45) is 0 Å². The fraction of sp³-hybridized carbons (Fsp3) is 0.839. The van der Waals surface area contributed by atoms with E-state index in [1.54, 1.807) is 20.8 Å². The van der Waals surface area contributed by atoms with Gasteiger partial charge in [-0.1, -0.05) is 97.6 Å². The van der Waals surface area contributed by atoms with Crippen molar-refractivity contribution in [1.82, 2.24) is 0 Å². The van der Waals surface area contributed by atoms with Crippen molar-refractivity contribution in [3.05, 3.63) is 12.2 Å². The number of aliphatic carboxylic acids is 3. The molecule has 0 aliphatic heterocycles. The Balaban J connectivity index is 4.68. The first-order chi connectivity index (χ1) is 18.2. The fourth-order valence-corrected chi connectivity index (χ4v) is 6.07. The van der Waals surface area contributed by atoms with E-state index in [1.165, 1.54) is 57.8 Å². The molecule has 222 valence electrons. The van der Waals surface area contributed by atoms with E-state index in [-0.39, 0.29) is 25.8 Å². The lowest BCUT2D eigenvalue weighted by molar-refractivity contribution is -0.974. The largest absolute Gasteiger partial charge is 0.544 e. The van der Waals surface area contributed by atoms with Gasteiger partial charge in [-0.15, -0.1) is 0 Å². The molecule has 0 heterocycles. The van der Waals surface area contributed by atoms with Crippen LogP contribution >= 0.6 is 0 Å². The number of quaternary nitrogens is 1. The molecule has 0 aromatic rings. The van der Waals surface area contributed by atoms with Crippen molar-refractivity contribution >= 4 is 17.9 Å². The Morgan fingerprint density at radius 2 is 0.974 bits per heavy atom. The van der Waals surface area contributed by atoms with Crippen molar-refractivity contribution in [2.75, 3.05) is 6.54 Å². The molecule has 3 atom stereocenters. The molecule has 38 heavy (non-hydrogen) atoms. The smallest absolute Gasteiger partial charge is 0.362 e. The predicted octanol–water partition coefficient (Wildman–Crippen LogP) is 6.49. The molecule has 0 fully saturated rings. The quantitative estimate of drug-likeness (QED) is 0.0738. The summed E-state index contributed by atoms with van der Waals surface area (Å²) in [6.07, 6.45) is 22.4. The van der Waals surface area contributed by atoms with Crippen LogP contribution in [0, 0.1) is 0 Å². The Morgan fingerprint density at radius 3 is 1.32 bits per heavy atom. The highest BCUT2D eigenvalue weighted by Gasteiger charge is 2.53. The van der Waals surface area contributed by atoms with Gasteiger partial charge in [0.15, 0.2) is 12.1 Å². The monoisotopic (exact) mass is 539 g/mol. The first-order valence-electron chi connectivity index (χ1n) is 15.4. The molecule has 0 spiro atoms. The highest BCUT2D eigenvalue weighted by molar-refractivity contribution is 5.77. The van der Waals surface area contributed by atoms with Gasteiger partial charge in [0.25, 0.3) is 0 Å². The van der Waals surface area contributed by atoms with Gasteiger partial charge in [-0.25, -0.2) is 9.59 Å². The maximum absolute atomic E-state index is 12.2. The molecular formula is C31H57NO6. The second-order valence-electron chi connectivity index (χ2n) is 10.8. The summed E-state index contributed by atoms with van der Waals surface area (Å²) in [6.45, 7) is 7.50. The van der Waals surface area contributed by atoms with Crippen LogP contribution in [0.5, 0.6) is 0 Å². The summed E-state index contributed by atoms with van der Waals surface area (Å²) in [6, 6.07) is -3.38. The zero-order chi connectivity index (χ0) is 28.8. The van der Waals surface area contributed by atoms with Crippen LogP contribution < -0.4 is 5.11 Å². The van der Waals surface area contributed by atoms with Gasteiger partial charge in [0.1, 0.15) is 6.04 Å². The van der Waals surface area contributed by atoms with Crippen molar-refractivity contribution in [2.45, 2.75) is 161 Å². The molecule has 0 saturated heterocycles. The van der Waals surface area contributed by atoms with E-state index in [2.05, 4.69) is 19.1 Å². The van der Waals surface area contributed by atoms with E-state index in [0.29, 0.717) is 6.42 Å².